The van der Waals surface area contributed by atoms with Gasteiger partial charge in [-0.2, -0.15) is 0 Å². The Morgan fingerprint density at radius 3 is 2.62 bits per heavy atom. The van der Waals surface area contributed by atoms with E-state index in [1.165, 1.54) is 12.1 Å². The van der Waals surface area contributed by atoms with Crippen molar-refractivity contribution in [3.05, 3.63) is 35.6 Å². The smallest absolute Gasteiger partial charge is 0.226 e. The zero-order valence-electron chi connectivity index (χ0n) is 11.8. The van der Waals surface area contributed by atoms with Gasteiger partial charge in [-0.15, -0.1) is 0 Å². The molecule has 5 heteroatoms. The van der Waals surface area contributed by atoms with Gasteiger partial charge < -0.3 is 10.6 Å². The van der Waals surface area contributed by atoms with Gasteiger partial charge in [0.05, 0.1) is 5.92 Å². The van der Waals surface area contributed by atoms with Crippen molar-refractivity contribution < 1.29 is 14.0 Å². The fourth-order valence-electron chi connectivity index (χ4n) is 3.19. The Labute approximate surface area is 123 Å². The third-order valence-electron chi connectivity index (χ3n) is 4.54. The van der Waals surface area contributed by atoms with Crippen LogP contribution in [0.3, 0.4) is 0 Å². The number of hydrogen-bond donors (Lipinski definition) is 1. The topological polar surface area (TPSA) is 63.4 Å². The van der Waals surface area contributed by atoms with Crippen LogP contribution in [0.2, 0.25) is 0 Å². The molecule has 3 rings (SSSR count). The molecule has 1 aromatic carbocycles. The molecule has 3 atom stereocenters. The lowest BCUT2D eigenvalue weighted by molar-refractivity contribution is -0.136. The number of carbonyl (C=O) groups excluding carboxylic acids is 2. The van der Waals surface area contributed by atoms with E-state index < -0.39 is 0 Å². The molecule has 4 nitrogen and oxygen atoms in total. The third kappa shape index (κ3) is 2.91. The summed E-state index contributed by atoms with van der Waals surface area (Å²) in [4.78, 5) is 25.5. The van der Waals surface area contributed by atoms with Gasteiger partial charge in [0, 0.05) is 19.0 Å². The van der Waals surface area contributed by atoms with E-state index in [1.807, 2.05) is 0 Å². The van der Waals surface area contributed by atoms with Crippen LogP contribution in [0, 0.1) is 17.7 Å². The molecule has 1 aromatic rings. The van der Waals surface area contributed by atoms with Gasteiger partial charge in [0.2, 0.25) is 11.8 Å². The van der Waals surface area contributed by atoms with Crippen LogP contribution < -0.4 is 5.73 Å². The molecule has 2 aliphatic rings. The number of hydrogen-bond acceptors (Lipinski definition) is 2. The summed E-state index contributed by atoms with van der Waals surface area (Å²) in [6.45, 7) is 1.15. The van der Waals surface area contributed by atoms with Gasteiger partial charge >= 0.3 is 0 Å². The van der Waals surface area contributed by atoms with Crippen LogP contribution in [-0.2, 0) is 9.59 Å². The molecule has 0 bridgehead atoms. The highest BCUT2D eigenvalue weighted by Crippen LogP contribution is 2.48. The highest BCUT2D eigenvalue weighted by atomic mass is 19.1. The van der Waals surface area contributed by atoms with Gasteiger partial charge in [0.1, 0.15) is 5.82 Å². The van der Waals surface area contributed by atoms with Crippen LogP contribution in [0.15, 0.2) is 24.3 Å². The van der Waals surface area contributed by atoms with Gasteiger partial charge in [-0.05, 0) is 42.9 Å². The molecular weight excluding hydrogens is 271 g/mol. The van der Waals surface area contributed by atoms with Crippen molar-refractivity contribution in [2.45, 2.75) is 25.2 Å². The lowest BCUT2D eigenvalue weighted by Crippen LogP contribution is -2.44. The quantitative estimate of drug-likeness (QED) is 0.920. The first-order valence-corrected chi connectivity index (χ1v) is 7.40. The van der Waals surface area contributed by atoms with Gasteiger partial charge in [0.25, 0.3) is 0 Å². The number of primary amides is 1. The first-order chi connectivity index (χ1) is 10.1. The van der Waals surface area contributed by atoms with Gasteiger partial charge in [0.15, 0.2) is 0 Å². The molecule has 2 fully saturated rings. The number of benzene rings is 1. The monoisotopic (exact) mass is 290 g/mol. The second-order valence-corrected chi connectivity index (χ2v) is 6.03. The van der Waals surface area contributed by atoms with Crippen LogP contribution >= 0.6 is 0 Å². The molecule has 2 N–H and O–H groups in total. The standard InChI is InChI=1S/C16H19FN2O2/c17-12-5-3-10(4-6-12)13-8-14(13)16(21)19-7-1-2-11(9-19)15(18)20/h3-6,11,13-14H,1-2,7-9H2,(H2,18,20). The Kier molecular flexibility index (Phi) is 3.66. The zero-order valence-corrected chi connectivity index (χ0v) is 11.8. The van der Waals surface area contributed by atoms with Crippen molar-refractivity contribution in [1.29, 1.82) is 0 Å². The maximum absolute atomic E-state index is 12.9. The third-order valence-corrected chi connectivity index (χ3v) is 4.54. The van der Waals surface area contributed by atoms with Crippen LogP contribution in [0.5, 0.6) is 0 Å². The predicted molar refractivity (Wildman–Crippen MR) is 75.7 cm³/mol. The normalized spacial score (nSPS) is 28.2. The minimum atomic E-state index is -0.321. The largest absolute Gasteiger partial charge is 0.369 e. The zero-order chi connectivity index (χ0) is 15.0. The molecule has 21 heavy (non-hydrogen) atoms. The van der Waals surface area contributed by atoms with E-state index in [2.05, 4.69) is 0 Å². The van der Waals surface area contributed by atoms with Gasteiger partial charge in [-0.25, -0.2) is 4.39 Å². The van der Waals surface area contributed by atoms with Crippen LogP contribution in [0.25, 0.3) is 0 Å². The molecule has 2 amide bonds. The lowest BCUT2D eigenvalue weighted by Gasteiger charge is -2.31. The summed E-state index contributed by atoms with van der Waals surface area (Å²) in [7, 11) is 0. The SMILES string of the molecule is NC(=O)C1CCCN(C(=O)C2CC2c2ccc(F)cc2)C1. The number of nitrogens with two attached hydrogens (primary N) is 1. The second-order valence-electron chi connectivity index (χ2n) is 6.03. The number of likely N-dealkylation sites (tertiary alicyclic amines) is 1. The molecule has 0 aromatic heterocycles. The van der Waals surface area contributed by atoms with Crippen molar-refractivity contribution >= 4 is 11.8 Å². The first kappa shape index (κ1) is 14.0. The Morgan fingerprint density at radius 2 is 1.95 bits per heavy atom. The number of amides is 2. The van der Waals surface area contributed by atoms with Crippen LogP contribution in [0.1, 0.15) is 30.7 Å². The molecule has 0 spiro atoms. The number of nitrogens with zero attached hydrogens (tertiary/aromatic N) is 1. The van der Waals surface area contributed by atoms with Crippen molar-refractivity contribution in [3.8, 4) is 0 Å². The van der Waals surface area contributed by atoms with Crippen LogP contribution in [0.4, 0.5) is 4.39 Å². The average Bonchev–Trinajstić information content (AvgIpc) is 3.28. The summed E-state index contributed by atoms with van der Waals surface area (Å²) in [5.74, 6) is -0.531. The summed E-state index contributed by atoms with van der Waals surface area (Å²) in [6, 6.07) is 6.35. The molecular formula is C16H19FN2O2. The Morgan fingerprint density at radius 1 is 1.24 bits per heavy atom. The van der Waals surface area contributed by atoms with E-state index >= 15 is 0 Å². The molecule has 1 saturated carbocycles. The van der Waals surface area contributed by atoms with Crippen molar-refractivity contribution in [3.63, 3.8) is 0 Å². The highest BCUT2D eigenvalue weighted by molar-refractivity contribution is 5.84. The minimum Gasteiger partial charge on any atom is -0.369 e. The molecule has 112 valence electrons. The van der Waals surface area contributed by atoms with E-state index in [4.69, 9.17) is 5.73 Å². The van der Waals surface area contributed by atoms with E-state index in [0.29, 0.717) is 13.1 Å². The summed E-state index contributed by atoms with van der Waals surface area (Å²) < 4.78 is 12.9. The lowest BCUT2D eigenvalue weighted by atomic mass is 9.97. The fourth-order valence-corrected chi connectivity index (χ4v) is 3.19. The van der Waals surface area contributed by atoms with E-state index in [-0.39, 0.29) is 35.4 Å². The summed E-state index contributed by atoms with van der Waals surface area (Å²) in [5.41, 5.74) is 6.35. The van der Waals surface area contributed by atoms with Crippen LogP contribution in [-0.4, -0.2) is 29.8 Å². The maximum atomic E-state index is 12.9. The summed E-state index contributed by atoms with van der Waals surface area (Å²) in [6.07, 6.45) is 2.40. The Hall–Kier alpha value is -1.91. The first-order valence-electron chi connectivity index (χ1n) is 7.40. The number of halogens is 1. The van der Waals surface area contributed by atoms with E-state index in [1.54, 1.807) is 17.0 Å². The Bertz CT molecular complexity index is 558. The van der Waals surface area contributed by atoms with E-state index in [0.717, 1.165) is 24.8 Å². The molecule has 3 unspecified atom stereocenters. The van der Waals surface area contributed by atoms with Crippen molar-refractivity contribution in [1.82, 2.24) is 4.90 Å². The fraction of sp³-hybridized carbons (Fsp3) is 0.500. The molecule has 1 heterocycles. The molecule has 1 saturated heterocycles. The van der Waals surface area contributed by atoms with Crippen molar-refractivity contribution in [2.24, 2.45) is 17.6 Å². The summed E-state index contributed by atoms with van der Waals surface area (Å²) >= 11 is 0. The minimum absolute atomic E-state index is 0.0258. The van der Waals surface area contributed by atoms with E-state index in [9.17, 15) is 14.0 Å². The maximum Gasteiger partial charge on any atom is 0.226 e. The van der Waals surface area contributed by atoms with Gasteiger partial charge in [-0.1, -0.05) is 12.1 Å². The highest BCUT2D eigenvalue weighted by Gasteiger charge is 2.46. The molecule has 0 radical (unpaired) electrons. The van der Waals surface area contributed by atoms with Crippen molar-refractivity contribution in [2.75, 3.05) is 13.1 Å². The second kappa shape index (κ2) is 5.47. The Balaban J connectivity index is 1.62. The molecule has 1 aliphatic carbocycles. The number of rotatable bonds is 3. The van der Waals surface area contributed by atoms with Gasteiger partial charge in [-0.3, -0.25) is 9.59 Å². The summed E-state index contributed by atoms with van der Waals surface area (Å²) in [5, 5.41) is 0. The predicted octanol–water partition coefficient (Wildman–Crippen LogP) is 1.65. The number of carbonyl (C=O) groups is 2. The number of piperidine rings is 1. The average molecular weight is 290 g/mol. The molecule has 1 aliphatic heterocycles.